The zero-order valence-corrected chi connectivity index (χ0v) is 16.0. The molecule has 4 saturated heterocycles. The number of hydrogen-bond donors (Lipinski definition) is 0. The summed E-state index contributed by atoms with van der Waals surface area (Å²) in [4.78, 5) is 5.24. The van der Waals surface area contributed by atoms with Crippen LogP contribution in [0.15, 0.2) is 64.8 Å². The Kier molecular flexibility index (Phi) is 4.35. The summed E-state index contributed by atoms with van der Waals surface area (Å²) in [5, 5.41) is 10.1. The lowest BCUT2D eigenvalue weighted by Crippen LogP contribution is -2.63. The molecular formula is C22H23ClN4. The highest BCUT2D eigenvalue weighted by Gasteiger charge is 2.53. The summed E-state index contributed by atoms with van der Waals surface area (Å²) < 4.78 is 0. The van der Waals surface area contributed by atoms with Gasteiger partial charge in [0.05, 0.1) is 17.3 Å². The molecule has 0 saturated carbocycles. The number of fused-ring (bicyclic) bond motifs is 1. The number of halogens is 1. The van der Waals surface area contributed by atoms with E-state index >= 15 is 0 Å². The lowest BCUT2D eigenvalue weighted by Gasteiger charge is -2.50. The second-order valence-electron chi connectivity index (χ2n) is 7.90. The van der Waals surface area contributed by atoms with Crippen molar-refractivity contribution < 1.29 is 0 Å². The van der Waals surface area contributed by atoms with Crippen molar-refractivity contribution in [3.05, 3.63) is 70.7 Å². The predicted octanol–water partition coefficient (Wildman–Crippen LogP) is 3.31. The van der Waals surface area contributed by atoms with Crippen molar-refractivity contribution >= 4 is 23.5 Å². The summed E-state index contributed by atoms with van der Waals surface area (Å²) in [6, 6.07) is 18.6. The molecule has 4 aliphatic heterocycles. The minimum atomic E-state index is -0.0454. The van der Waals surface area contributed by atoms with Gasteiger partial charge in [0.15, 0.2) is 0 Å². The van der Waals surface area contributed by atoms with E-state index in [0.717, 1.165) is 49.9 Å². The van der Waals surface area contributed by atoms with Crippen molar-refractivity contribution in [2.45, 2.75) is 5.41 Å². The van der Waals surface area contributed by atoms with Crippen molar-refractivity contribution in [1.29, 1.82) is 0 Å². The van der Waals surface area contributed by atoms with Crippen LogP contribution in [-0.4, -0.2) is 61.0 Å². The van der Waals surface area contributed by atoms with E-state index < -0.39 is 0 Å². The molecule has 0 spiro atoms. The molecular weight excluding hydrogens is 356 g/mol. The smallest absolute Gasteiger partial charge is 0.0612 e. The standard InChI is InChI=1S/C22H23ClN4/c23-20-8-6-17(7-9-20)12-24-25-21-18-13-26-10-11-27(14-18)16-22(21,15-26)19-4-2-1-3-5-19/h1-9,12,18H,10-11,13-16H2. The third kappa shape index (κ3) is 3.12. The van der Waals surface area contributed by atoms with Crippen LogP contribution < -0.4 is 0 Å². The van der Waals surface area contributed by atoms with Gasteiger partial charge in [-0.25, -0.2) is 0 Å². The molecule has 2 unspecified atom stereocenters. The van der Waals surface area contributed by atoms with Crippen LogP contribution in [0, 0.1) is 5.92 Å². The van der Waals surface area contributed by atoms with Crippen molar-refractivity contribution in [2.75, 3.05) is 39.3 Å². The molecule has 4 bridgehead atoms. The lowest BCUT2D eigenvalue weighted by molar-refractivity contribution is 0.164. The molecule has 0 radical (unpaired) electrons. The van der Waals surface area contributed by atoms with Crippen molar-refractivity contribution in [2.24, 2.45) is 16.1 Å². The van der Waals surface area contributed by atoms with Crippen molar-refractivity contribution in [1.82, 2.24) is 9.80 Å². The van der Waals surface area contributed by atoms with Crippen LogP contribution in [0.25, 0.3) is 0 Å². The van der Waals surface area contributed by atoms with Gasteiger partial charge < -0.3 is 9.80 Å². The zero-order chi connectivity index (χ0) is 18.3. The summed E-state index contributed by atoms with van der Waals surface area (Å²) in [5.41, 5.74) is 3.60. The summed E-state index contributed by atoms with van der Waals surface area (Å²) >= 11 is 5.97. The van der Waals surface area contributed by atoms with Crippen LogP contribution in [-0.2, 0) is 5.41 Å². The Bertz CT molecular complexity index is 859. The van der Waals surface area contributed by atoms with Gasteiger partial charge in [-0.05, 0) is 23.3 Å². The van der Waals surface area contributed by atoms with E-state index in [-0.39, 0.29) is 5.41 Å². The molecule has 2 aromatic rings. The first-order valence-electron chi connectivity index (χ1n) is 9.60. The average molecular weight is 379 g/mol. The van der Waals surface area contributed by atoms with Crippen LogP contribution in [0.4, 0.5) is 0 Å². The first kappa shape index (κ1) is 17.1. The Morgan fingerprint density at radius 3 is 2.26 bits per heavy atom. The molecule has 4 nitrogen and oxygen atoms in total. The van der Waals surface area contributed by atoms with Gasteiger partial charge in [0.25, 0.3) is 0 Å². The largest absolute Gasteiger partial charge is 0.300 e. The van der Waals surface area contributed by atoms with Gasteiger partial charge in [-0.15, -0.1) is 0 Å². The van der Waals surface area contributed by atoms with E-state index in [0.29, 0.717) is 5.92 Å². The highest BCUT2D eigenvalue weighted by atomic mass is 35.5. The topological polar surface area (TPSA) is 31.2 Å². The highest BCUT2D eigenvalue weighted by Crippen LogP contribution is 2.41. The predicted molar refractivity (Wildman–Crippen MR) is 111 cm³/mol. The molecule has 0 N–H and O–H groups in total. The van der Waals surface area contributed by atoms with E-state index in [1.165, 1.54) is 11.3 Å². The maximum atomic E-state index is 5.97. The van der Waals surface area contributed by atoms with E-state index in [2.05, 4.69) is 45.2 Å². The number of rotatable bonds is 3. The van der Waals surface area contributed by atoms with Gasteiger partial charge >= 0.3 is 0 Å². The maximum Gasteiger partial charge on any atom is 0.0612 e. The average Bonchev–Trinajstić information content (AvgIpc) is 2.94. The molecule has 5 heteroatoms. The Balaban J connectivity index is 1.54. The number of hydrogen-bond acceptors (Lipinski definition) is 4. The van der Waals surface area contributed by atoms with Crippen LogP contribution in [0.2, 0.25) is 5.02 Å². The first-order chi connectivity index (χ1) is 13.2. The molecule has 4 heterocycles. The maximum absolute atomic E-state index is 5.97. The summed E-state index contributed by atoms with van der Waals surface area (Å²) in [7, 11) is 0. The minimum absolute atomic E-state index is 0.0454. The Hall–Kier alpha value is -2.01. The normalized spacial score (nSPS) is 33.7. The SMILES string of the molecule is Clc1ccc(C=NN=C2C3CN4CCN(C3)CC2(c2ccccc2)C4)cc1. The zero-order valence-electron chi connectivity index (χ0n) is 15.3. The molecule has 0 amide bonds. The molecule has 27 heavy (non-hydrogen) atoms. The molecule has 138 valence electrons. The highest BCUT2D eigenvalue weighted by molar-refractivity contribution is 6.30. The van der Waals surface area contributed by atoms with E-state index in [9.17, 15) is 0 Å². The van der Waals surface area contributed by atoms with E-state index in [4.69, 9.17) is 16.7 Å². The fraction of sp³-hybridized carbons (Fsp3) is 0.364. The van der Waals surface area contributed by atoms with Gasteiger partial charge in [-0.2, -0.15) is 10.2 Å². The van der Waals surface area contributed by atoms with Gasteiger partial charge in [0.1, 0.15) is 0 Å². The first-order valence-corrected chi connectivity index (χ1v) is 9.98. The van der Waals surface area contributed by atoms with Crippen LogP contribution >= 0.6 is 11.6 Å². The van der Waals surface area contributed by atoms with Gasteiger partial charge in [-0.1, -0.05) is 54.1 Å². The van der Waals surface area contributed by atoms with Crippen LogP contribution in [0.3, 0.4) is 0 Å². The molecule has 4 aliphatic rings. The number of nitrogens with zero attached hydrogens (tertiary/aromatic N) is 4. The van der Waals surface area contributed by atoms with Crippen LogP contribution in [0.1, 0.15) is 11.1 Å². The second kappa shape index (κ2) is 6.86. The monoisotopic (exact) mass is 378 g/mol. The number of piperidine rings is 2. The Labute approximate surface area is 165 Å². The minimum Gasteiger partial charge on any atom is -0.300 e. The van der Waals surface area contributed by atoms with Crippen molar-refractivity contribution in [3.63, 3.8) is 0 Å². The second-order valence-corrected chi connectivity index (χ2v) is 8.33. The molecule has 2 aromatic carbocycles. The lowest BCUT2D eigenvalue weighted by atomic mass is 9.66. The van der Waals surface area contributed by atoms with Gasteiger partial charge in [0.2, 0.25) is 0 Å². The summed E-state index contributed by atoms with van der Waals surface area (Å²) in [6.45, 7) is 6.60. The Morgan fingerprint density at radius 2 is 1.59 bits per heavy atom. The van der Waals surface area contributed by atoms with Crippen LogP contribution in [0.5, 0.6) is 0 Å². The molecule has 4 fully saturated rings. The third-order valence-corrected chi connectivity index (χ3v) is 6.37. The van der Waals surface area contributed by atoms with E-state index in [1.54, 1.807) is 0 Å². The molecule has 0 aliphatic carbocycles. The third-order valence-electron chi connectivity index (χ3n) is 6.12. The van der Waals surface area contributed by atoms with Gasteiger partial charge in [0, 0.05) is 50.2 Å². The van der Waals surface area contributed by atoms with Gasteiger partial charge in [-0.3, -0.25) is 0 Å². The Morgan fingerprint density at radius 1 is 0.926 bits per heavy atom. The van der Waals surface area contributed by atoms with E-state index in [1.807, 2.05) is 30.5 Å². The quantitative estimate of drug-likeness (QED) is 0.606. The molecule has 0 aromatic heterocycles. The number of benzene rings is 2. The molecule has 2 atom stereocenters. The fourth-order valence-electron chi connectivity index (χ4n) is 4.94. The summed E-state index contributed by atoms with van der Waals surface area (Å²) in [6.07, 6.45) is 1.83. The fourth-order valence-corrected chi connectivity index (χ4v) is 5.07. The van der Waals surface area contributed by atoms with Crippen molar-refractivity contribution in [3.8, 4) is 0 Å². The summed E-state index contributed by atoms with van der Waals surface area (Å²) in [5.74, 6) is 0.456. The molecule has 6 rings (SSSR count).